The number of rotatable bonds is 5. The molecule has 0 saturated carbocycles. The van der Waals surface area contributed by atoms with Crippen LogP contribution in [-0.4, -0.2) is 55.1 Å². The van der Waals surface area contributed by atoms with Gasteiger partial charge in [-0.2, -0.15) is 4.31 Å². The van der Waals surface area contributed by atoms with Crippen molar-refractivity contribution in [3.8, 4) is 11.5 Å². The molecule has 0 bridgehead atoms. The van der Waals surface area contributed by atoms with E-state index in [1.165, 1.54) is 38.1 Å². The smallest absolute Gasteiger partial charge is 0.243 e. The molecule has 156 valence electrons. The van der Waals surface area contributed by atoms with Crippen LogP contribution in [0.15, 0.2) is 53.7 Å². The van der Waals surface area contributed by atoms with Crippen LogP contribution < -0.4 is 10.5 Å². The van der Waals surface area contributed by atoms with Crippen molar-refractivity contribution >= 4 is 25.8 Å². The summed E-state index contributed by atoms with van der Waals surface area (Å²) in [7, 11) is -7.87. The number of pyridine rings is 1. The van der Waals surface area contributed by atoms with Gasteiger partial charge in [-0.15, -0.1) is 0 Å². The molecule has 2 aromatic rings. The zero-order valence-electron chi connectivity index (χ0n) is 15.8. The van der Waals surface area contributed by atoms with Crippen molar-refractivity contribution in [3.05, 3.63) is 48.8 Å². The van der Waals surface area contributed by atoms with Crippen molar-refractivity contribution in [3.63, 3.8) is 0 Å². The minimum absolute atomic E-state index is 0.0964. The fraction of sp³-hybridized carbons (Fsp3) is 0.333. The third-order valence-corrected chi connectivity index (χ3v) is 9.34. The minimum Gasteiger partial charge on any atom is -0.457 e. The van der Waals surface area contributed by atoms with E-state index in [9.17, 15) is 21.6 Å². The number of benzene rings is 1. The van der Waals surface area contributed by atoms with Crippen LogP contribution in [0.25, 0.3) is 0 Å². The maximum absolute atomic E-state index is 13.1. The lowest BCUT2D eigenvalue weighted by atomic mass is 10.0. The highest BCUT2D eigenvalue weighted by molar-refractivity contribution is 7.93. The van der Waals surface area contributed by atoms with Gasteiger partial charge in [0.1, 0.15) is 17.5 Å². The van der Waals surface area contributed by atoms with Crippen molar-refractivity contribution in [2.24, 2.45) is 5.73 Å². The summed E-state index contributed by atoms with van der Waals surface area (Å²) in [4.78, 5) is 15.8. The molecule has 9 nitrogen and oxygen atoms in total. The Bertz CT molecular complexity index is 1110. The number of nitrogens with zero attached hydrogens (tertiary/aromatic N) is 2. The molecule has 0 radical (unpaired) electrons. The van der Waals surface area contributed by atoms with Gasteiger partial charge in [0.05, 0.1) is 15.4 Å². The monoisotopic (exact) mass is 439 g/mol. The Morgan fingerprint density at radius 3 is 2.24 bits per heavy atom. The minimum atomic E-state index is -4.16. The highest BCUT2D eigenvalue weighted by Gasteiger charge is 2.54. The summed E-state index contributed by atoms with van der Waals surface area (Å²) in [6.45, 7) is 2.27. The van der Waals surface area contributed by atoms with E-state index in [0.29, 0.717) is 11.5 Å². The molecule has 1 fully saturated rings. The average molecular weight is 440 g/mol. The van der Waals surface area contributed by atoms with Gasteiger partial charge in [0.25, 0.3) is 0 Å². The van der Waals surface area contributed by atoms with E-state index in [-0.39, 0.29) is 11.4 Å². The van der Waals surface area contributed by atoms with E-state index in [1.54, 1.807) is 24.5 Å². The molecule has 3 rings (SSSR count). The topological polar surface area (TPSA) is 137 Å². The fourth-order valence-electron chi connectivity index (χ4n) is 3.22. The largest absolute Gasteiger partial charge is 0.457 e. The molecule has 1 aliphatic heterocycles. The molecule has 1 unspecified atom stereocenters. The summed E-state index contributed by atoms with van der Waals surface area (Å²) < 4.78 is 55.9. The molecule has 1 atom stereocenters. The summed E-state index contributed by atoms with van der Waals surface area (Å²) in [6, 6.07) is 7.40. The number of sulfonamides is 1. The van der Waals surface area contributed by atoms with E-state index >= 15 is 0 Å². The molecule has 1 aromatic heterocycles. The SMILES string of the molecule is CC1(C)C(C(N)=O)N(S(=O)(=O)c2ccc(Oc3ccncc3)cc2)CCS1(=O)=O. The zero-order chi connectivity index (χ0) is 21.4. The van der Waals surface area contributed by atoms with Gasteiger partial charge in [-0.05, 0) is 50.2 Å². The molecule has 0 spiro atoms. The number of primary amides is 1. The normalized spacial score (nSPS) is 21.4. The van der Waals surface area contributed by atoms with Crippen LogP contribution in [0, 0.1) is 0 Å². The molecule has 29 heavy (non-hydrogen) atoms. The Morgan fingerprint density at radius 1 is 1.14 bits per heavy atom. The third-order valence-electron chi connectivity index (χ3n) is 4.91. The van der Waals surface area contributed by atoms with Crippen LogP contribution >= 0.6 is 0 Å². The van der Waals surface area contributed by atoms with Crippen molar-refractivity contribution < 1.29 is 26.4 Å². The fourth-order valence-corrected chi connectivity index (χ4v) is 6.68. The molecule has 2 heterocycles. The number of carbonyl (C=O) groups excluding carboxylic acids is 1. The summed E-state index contributed by atoms with van der Waals surface area (Å²) >= 11 is 0. The first kappa shape index (κ1) is 21.2. The van der Waals surface area contributed by atoms with Crippen LogP contribution in [-0.2, 0) is 24.7 Å². The van der Waals surface area contributed by atoms with E-state index in [1.807, 2.05) is 0 Å². The highest BCUT2D eigenvalue weighted by atomic mass is 32.2. The second-order valence-corrected chi connectivity index (χ2v) is 11.7. The van der Waals surface area contributed by atoms with E-state index in [0.717, 1.165) is 4.31 Å². The first-order chi connectivity index (χ1) is 13.5. The first-order valence-electron chi connectivity index (χ1n) is 8.68. The molecule has 11 heteroatoms. The molecular weight excluding hydrogens is 418 g/mol. The number of hydrogen-bond acceptors (Lipinski definition) is 7. The number of ether oxygens (including phenoxy) is 1. The van der Waals surface area contributed by atoms with Crippen LogP contribution in [0.5, 0.6) is 11.5 Å². The third kappa shape index (κ3) is 3.85. The number of sulfone groups is 1. The van der Waals surface area contributed by atoms with E-state index < -0.39 is 42.3 Å². The van der Waals surface area contributed by atoms with Crippen molar-refractivity contribution in [1.82, 2.24) is 9.29 Å². The first-order valence-corrected chi connectivity index (χ1v) is 11.8. The van der Waals surface area contributed by atoms with Gasteiger partial charge in [0.15, 0.2) is 9.84 Å². The second kappa shape index (κ2) is 7.39. The van der Waals surface area contributed by atoms with E-state index in [4.69, 9.17) is 10.5 Å². The molecule has 1 aliphatic rings. The molecule has 2 N–H and O–H groups in total. The van der Waals surface area contributed by atoms with Gasteiger partial charge < -0.3 is 10.5 Å². The average Bonchev–Trinajstić information content (AvgIpc) is 2.64. The summed E-state index contributed by atoms with van der Waals surface area (Å²) in [5, 5.41) is 0. The lowest BCUT2D eigenvalue weighted by Gasteiger charge is -2.42. The Labute approximate surface area is 169 Å². The Balaban J connectivity index is 1.92. The van der Waals surface area contributed by atoms with Crippen LogP contribution in [0.2, 0.25) is 0 Å². The summed E-state index contributed by atoms with van der Waals surface area (Å²) in [5.41, 5.74) is 5.40. The van der Waals surface area contributed by atoms with Gasteiger partial charge in [-0.1, -0.05) is 0 Å². The molecule has 0 aliphatic carbocycles. The van der Waals surface area contributed by atoms with Crippen molar-refractivity contribution in [1.29, 1.82) is 0 Å². The molecule has 1 amide bonds. The number of nitrogens with two attached hydrogens (primary N) is 1. The van der Waals surface area contributed by atoms with Crippen LogP contribution in [0.3, 0.4) is 0 Å². The van der Waals surface area contributed by atoms with Gasteiger partial charge in [-0.25, -0.2) is 16.8 Å². The Morgan fingerprint density at radius 2 is 1.69 bits per heavy atom. The van der Waals surface area contributed by atoms with Gasteiger partial charge >= 0.3 is 0 Å². The lowest BCUT2D eigenvalue weighted by molar-refractivity contribution is -0.122. The molecule has 1 aromatic carbocycles. The number of amides is 1. The van der Waals surface area contributed by atoms with Gasteiger partial charge in [0, 0.05) is 18.9 Å². The molecular formula is C18H21N3O6S2. The maximum Gasteiger partial charge on any atom is 0.243 e. The number of hydrogen-bond donors (Lipinski definition) is 1. The van der Waals surface area contributed by atoms with E-state index in [2.05, 4.69) is 4.98 Å². The predicted molar refractivity (Wildman–Crippen MR) is 105 cm³/mol. The maximum atomic E-state index is 13.1. The summed E-state index contributed by atoms with van der Waals surface area (Å²) in [6.07, 6.45) is 3.12. The highest BCUT2D eigenvalue weighted by Crippen LogP contribution is 2.34. The Hall–Kier alpha value is -2.50. The zero-order valence-corrected chi connectivity index (χ0v) is 17.5. The molecule has 1 saturated heterocycles. The van der Waals surface area contributed by atoms with Crippen LogP contribution in [0.4, 0.5) is 0 Å². The van der Waals surface area contributed by atoms with Crippen molar-refractivity contribution in [2.75, 3.05) is 12.3 Å². The van der Waals surface area contributed by atoms with Crippen LogP contribution in [0.1, 0.15) is 13.8 Å². The number of aromatic nitrogens is 1. The Kier molecular flexibility index (Phi) is 5.41. The lowest BCUT2D eigenvalue weighted by Crippen LogP contribution is -2.66. The van der Waals surface area contributed by atoms with Gasteiger partial charge in [-0.3, -0.25) is 9.78 Å². The van der Waals surface area contributed by atoms with Crippen molar-refractivity contribution in [2.45, 2.75) is 29.5 Å². The predicted octanol–water partition coefficient (Wildman–Crippen LogP) is 0.926. The number of carbonyl (C=O) groups is 1. The standard InChI is InChI=1S/C18H21N3O6S2/c1-18(2)16(17(19)22)21(11-12-28(18,23)24)29(25,26)15-5-3-13(4-6-15)27-14-7-9-20-10-8-14/h3-10,16H,11-12H2,1-2H3,(H2,19,22). The van der Waals surface area contributed by atoms with Gasteiger partial charge in [0.2, 0.25) is 15.9 Å². The second-order valence-electron chi connectivity index (χ2n) is 7.10. The quantitative estimate of drug-likeness (QED) is 0.731. The summed E-state index contributed by atoms with van der Waals surface area (Å²) in [5.74, 6) is -0.471.